The van der Waals surface area contributed by atoms with Crippen molar-refractivity contribution in [1.29, 1.82) is 0 Å². The van der Waals surface area contributed by atoms with Crippen LogP contribution in [-0.2, 0) is 21.2 Å². The van der Waals surface area contributed by atoms with Gasteiger partial charge in [-0.1, -0.05) is 12.1 Å². The molecule has 0 spiro atoms. The highest BCUT2D eigenvalue weighted by atomic mass is 32.2. The first-order chi connectivity index (χ1) is 15.9. The third kappa shape index (κ3) is 4.87. The predicted molar refractivity (Wildman–Crippen MR) is 128 cm³/mol. The van der Waals surface area contributed by atoms with Crippen molar-refractivity contribution in [1.82, 2.24) is 19.9 Å². The second-order valence-corrected chi connectivity index (χ2v) is 10.8. The number of sulfonamides is 1. The van der Waals surface area contributed by atoms with Crippen LogP contribution in [0.3, 0.4) is 0 Å². The molecule has 0 saturated carbocycles. The fourth-order valence-electron chi connectivity index (χ4n) is 3.84. The molecular weight excluding hydrogens is 462 g/mol. The van der Waals surface area contributed by atoms with Crippen molar-refractivity contribution in [3.05, 3.63) is 47.9 Å². The van der Waals surface area contributed by atoms with Crippen molar-refractivity contribution < 1.29 is 13.2 Å². The Kier molecular flexibility index (Phi) is 5.81. The fourth-order valence-corrected chi connectivity index (χ4v) is 5.77. The van der Waals surface area contributed by atoms with Crippen LogP contribution >= 0.6 is 11.8 Å². The van der Waals surface area contributed by atoms with Gasteiger partial charge in [0.1, 0.15) is 5.82 Å². The van der Waals surface area contributed by atoms with Crippen molar-refractivity contribution in [3.63, 3.8) is 0 Å². The molecule has 1 atom stereocenters. The summed E-state index contributed by atoms with van der Waals surface area (Å²) in [5.74, 6) is 1.68. The van der Waals surface area contributed by atoms with E-state index in [0.29, 0.717) is 30.3 Å². The summed E-state index contributed by atoms with van der Waals surface area (Å²) in [6.45, 7) is 2.83. The third-order valence-corrected chi connectivity index (χ3v) is 7.37. The van der Waals surface area contributed by atoms with Crippen molar-refractivity contribution in [2.24, 2.45) is 0 Å². The number of thioether (sulfide) groups is 1. The number of hydrogen-bond donors (Lipinski definition) is 2. The monoisotopic (exact) mass is 485 g/mol. The van der Waals surface area contributed by atoms with Gasteiger partial charge in [-0.05, 0) is 17.7 Å². The second-order valence-electron chi connectivity index (χ2n) is 7.88. The molecule has 3 aromatic rings. The van der Waals surface area contributed by atoms with Crippen LogP contribution in [-0.4, -0.2) is 60.9 Å². The number of fused-ring (bicyclic) bond motifs is 1. The highest BCUT2D eigenvalue weighted by Gasteiger charge is 2.31. The maximum atomic E-state index is 11.5. The van der Waals surface area contributed by atoms with E-state index in [4.69, 9.17) is 20.4 Å². The molecule has 0 bridgehead atoms. The summed E-state index contributed by atoms with van der Waals surface area (Å²) in [6, 6.07) is 7.47. The first-order valence-corrected chi connectivity index (χ1v) is 13.2. The van der Waals surface area contributed by atoms with E-state index in [-0.39, 0.29) is 11.2 Å². The lowest BCUT2D eigenvalue weighted by Crippen LogP contribution is -2.37. The zero-order valence-corrected chi connectivity index (χ0v) is 19.6. The molecule has 12 heteroatoms. The Hall–Kier alpha value is -2.96. The summed E-state index contributed by atoms with van der Waals surface area (Å²) in [5.41, 5.74) is 8.98. The minimum absolute atomic E-state index is 0.152. The quantitative estimate of drug-likeness (QED) is 0.553. The SMILES string of the molecule is CS(=O)(=O)Nc1ccc(C2Cc3nc(-c4cnc(N)nc4)nc(N4CCOCC4)c3S2)cc1. The molecule has 2 aromatic heterocycles. The molecule has 0 amide bonds. The number of nitrogen functional groups attached to an aromatic ring is 1. The Morgan fingerprint density at radius 1 is 1.12 bits per heavy atom. The standard InChI is InChI=1S/C21H23N7O3S2/c1-33(29,30)27-15-4-2-13(3-5-15)17-10-16-18(32-17)20(28-6-8-31-9-7-28)26-19(25-16)14-11-23-21(22)24-12-14/h2-5,11-12,17,27H,6-10H2,1H3,(H2,22,23,24). The molecule has 1 aromatic carbocycles. The van der Waals surface area contributed by atoms with Gasteiger partial charge in [-0.25, -0.2) is 28.4 Å². The molecule has 33 heavy (non-hydrogen) atoms. The smallest absolute Gasteiger partial charge is 0.229 e. The van der Waals surface area contributed by atoms with Gasteiger partial charge in [0, 0.05) is 42.8 Å². The number of ether oxygens (including phenoxy) is 1. The van der Waals surface area contributed by atoms with Gasteiger partial charge in [-0.3, -0.25) is 4.72 Å². The Balaban J connectivity index is 1.47. The molecular formula is C21H23N7O3S2. The molecule has 2 aliphatic rings. The number of aromatic nitrogens is 4. The number of anilines is 3. The Bertz CT molecular complexity index is 1260. The van der Waals surface area contributed by atoms with E-state index in [1.54, 1.807) is 36.3 Å². The molecule has 0 radical (unpaired) electrons. The summed E-state index contributed by atoms with van der Waals surface area (Å²) in [5, 5.41) is 0.152. The van der Waals surface area contributed by atoms with E-state index in [1.807, 2.05) is 12.1 Å². The molecule has 1 saturated heterocycles. The maximum Gasteiger partial charge on any atom is 0.229 e. The van der Waals surface area contributed by atoms with Crippen molar-refractivity contribution in [2.75, 3.05) is 47.9 Å². The Morgan fingerprint density at radius 2 is 1.82 bits per heavy atom. The van der Waals surface area contributed by atoms with Gasteiger partial charge in [0.15, 0.2) is 5.82 Å². The van der Waals surface area contributed by atoms with Gasteiger partial charge in [0.05, 0.1) is 35.6 Å². The van der Waals surface area contributed by atoms with Gasteiger partial charge in [0.2, 0.25) is 16.0 Å². The molecule has 4 heterocycles. The normalized spacial score (nSPS) is 18.2. The van der Waals surface area contributed by atoms with E-state index in [0.717, 1.165) is 47.7 Å². The van der Waals surface area contributed by atoms with E-state index < -0.39 is 10.0 Å². The molecule has 5 rings (SSSR count). The predicted octanol–water partition coefficient (Wildman–Crippen LogP) is 2.11. The highest BCUT2D eigenvalue weighted by Crippen LogP contribution is 2.50. The maximum absolute atomic E-state index is 11.5. The van der Waals surface area contributed by atoms with Crippen molar-refractivity contribution in [3.8, 4) is 11.4 Å². The van der Waals surface area contributed by atoms with Crippen molar-refractivity contribution in [2.45, 2.75) is 16.6 Å². The molecule has 1 fully saturated rings. The van der Waals surface area contributed by atoms with Crippen LogP contribution in [0.2, 0.25) is 0 Å². The summed E-state index contributed by atoms with van der Waals surface area (Å²) >= 11 is 1.74. The second kappa shape index (κ2) is 8.76. The number of hydrogen-bond acceptors (Lipinski definition) is 10. The van der Waals surface area contributed by atoms with Gasteiger partial charge < -0.3 is 15.4 Å². The van der Waals surface area contributed by atoms with E-state index in [2.05, 4.69) is 19.6 Å². The Morgan fingerprint density at radius 3 is 2.48 bits per heavy atom. The number of morpholine rings is 1. The van der Waals surface area contributed by atoms with Crippen LogP contribution in [0.25, 0.3) is 11.4 Å². The summed E-state index contributed by atoms with van der Waals surface area (Å²) in [4.78, 5) is 21.2. The molecule has 1 unspecified atom stereocenters. The molecule has 2 aliphatic heterocycles. The van der Waals surface area contributed by atoms with Crippen LogP contribution in [0.5, 0.6) is 0 Å². The highest BCUT2D eigenvalue weighted by molar-refractivity contribution is 8.00. The molecule has 172 valence electrons. The number of nitrogens with one attached hydrogen (secondary N) is 1. The Labute approximate surface area is 196 Å². The van der Waals surface area contributed by atoms with E-state index in [9.17, 15) is 8.42 Å². The van der Waals surface area contributed by atoms with Crippen LogP contribution in [0.1, 0.15) is 16.5 Å². The average molecular weight is 486 g/mol. The number of nitrogens with zero attached hydrogens (tertiary/aromatic N) is 5. The lowest BCUT2D eigenvalue weighted by Gasteiger charge is -2.29. The van der Waals surface area contributed by atoms with Gasteiger partial charge >= 0.3 is 0 Å². The lowest BCUT2D eigenvalue weighted by atomic mass is 10.1. The molecule has 10 nitrogen and oxygen atoms in total. The summed E-state index contributed by atoms with van der Waals surface area (Å²) in [7, 11) is -3.31. The summed E-state index contributed by atoms with van der Waals surface area (Å²) < 4.78 is 31.0. The average Bonchev–Trinajstić information content (AvgIpc) is 3.23. The summed E-state index contributed by atoms with van der Waals surface area (Å²) in [6.07, 6.45) is 5.15. The molecule has 0 aliphatic carbocycles. The van der Waals surface area contributed by atoms with Gasteiger partial charge in [-0.15, -0.1) is 11.8 Å². The van der Waals surface area contributed by atoms with Crippen LogP contribution in [0, 0.1) is 0 Å². The fraction of sp³-hybridized carbons (Fsp3) is 0.333. The largest absolute Gasteiger partial charge is 0.378 e. The van der Waals surface area contributed by atoms with E-state index in [1.165, 1.54) is 0 Å². The third-order valence-electron chi connectivity index (χ3n) is 5.38. The number of rotatable bonds is 5. The first kappa shape index (κ1) is 21.9. The van der Waals surface area contributed by atoms with Crippen molar-refractivity contribution >= 4 is 39.2 Å². The topological polar surface area (TPSA) is 136 Å². The van der Waals surface area contributed by atoms with E-state index >= 15 is 0 Å². The number of nitrogens with two attached hydrogens (primary N) is 1. The minimum Gasteiger partial charge on any atom is -0.378 e. The first-order valence-electron chi connectivity index (χ1n) is 10.4. The van der Waals surface area contributed by atoms with Crippen LogP contribution < -0.4 is 15.4 Å². The lowest BCUT2D eigenvalue weighted by molar-refractivity contribution is 0.122. The van der Waals surface area contributed by atoms with Gasteiger partial charge in [0.25, 0.3) is 0 Å². The zero-order chi connectivity index (χ0) is 23.0. The van der Waals surface area contributed by atoms with Crippen LogP contribution in [0.15, 0.2) is 41.6 Å². The minimum atomic E-state index is -3.31. The zero-order valence-electron chi connectivity index (χ0n) is 17.9. The number of benzene rings is 1. The van der Waals surface area contributed by atoms with Crippen LogP contribution in [0.4, 0.5) is 17.5 Å². The van der Waals surface area contributed by atoms with Gasteiger partial charge in [-0.2, -0.15) is 0 Å². The molecule has 3 N–H and O–H groups in total.